The Hall–Kier alpha value is -3.79. The molecule has 538 valence electrons. The number of quaternary nitrogens is 1. The Kier molecular flexibility index (Phi) is 71.0. The number of aliphatic carboxylic acids is 1. The summed E-state index contributed by atoms with van der Waals surface area (Å²) in [5.41, 5.74) is 0. The molecule has 0 aliphatic carbocycles. The molecule has 0 aromatic heterocycles. The highest BCUT2D eigenvalue weighted by Gasteiger charge is 2.22. The first kappa shape index (κ1) is 89.2. The van der Waals surface area contributed by atoms with Gasteiger partial charge in [-0.1, -0.05) is 349 Å². The first-order valence-electron chi connectivity index (χ1n) is 39.4. The number of esters is 2. The van der Waals surface area contributed by atoms with Crippen molar-refractivity contribution in [2.24, 2.45) is 0 Å². The van der Waals surface area contributed by atoms with E-state index in [0.29, 0.717) is 23.9 Å². The van der Waals surface area contributed by atoms with E-state index < -0.39 is 24.3 Å². The summed E-state index contributed by atoms with van der Waals surface area (Å²) in [6.45, 7) is 4.66. The molecule has 0 bridgehead atoms. The Bertz CT molecular complexity index is 1850. The average molecular weight is 1300 g/mol. The quantitative estimate of drug-likeness (QED) is 0.0195. The molecule has 0 aliphatic rings. The first-order chi connectivity index (χ1) is 45.6. The van der Waals surface area contributed by atoms with Crippen LogP contribution >= 0.6 is 0 Å². The molecule has 93 heavy (non-hydrogen) atoms. The van der Waals surface area contributed by atoms with Crippen LogP contribution in [0.5, 0.6) is 0 Å². The summed E-state index contributed by atoms with van der Waals surface area (Å²) in [6.07, 6.45) is 99.6. The number of allylic oxidation sites excluding steroid dienone is 16. The number of carboxylic acids is 1. The van der Waals surface area contributed by atoms with Gasteiger partial charge in [-0.3, -0.25) is 9.59 Å². The highest BCUT2D eigenvalue weighted by atomic mass is 16.7. The molecule has 0 spiro atoms. The fourth-order valence-electron chi connectivity index (χ4n) is 11.3. The van der Waals surface area contributed by atoms with Crippen LogP contribution in [0.25, 0.3) is 0 Å². The lowest BCUT2D eigenvalue weighted by molar-refractivity contribution is -0.870. The summed E-state index contributed by atoms with van der Waals surface area (Å²) < 4.78 is 22.9. The zero-order valence-electron chi connectivity index (χ0n) is 61.6. The van der Waals surface area contributed by atoms with Gasteiger partial charge in [0.05, 0.1) is 40.3 Å². The number of carboxylic acid groups (broad SMARTS) is 1. The molecule has 0 fully saturated rings. The molecule has 0 heterocycles. The van der Waals surface area contributed by atoms with Crippen molar-refractivity contribution in [3.63, 3.8) is 0 Å². The summed E-state index contributed by atoms with van der Waals surface area (Å²) in [5.74, 6) is -2.27. The van der Waals surface area contributed by atoms with Crippen LogP contribution in [0.15, 0.2) is 97.2 Å². The Labute approximate surface area is 575 Å². The predicted octanol–water partition coefficient (Wildman–Crippen LogP) is 23.8. The minimum absolute atomic E-state index is 0.145. The number of unbranched alkanes of at least 4 members (excludes halogenated alkanes) is 42. The molecule has 0 radical (unpaired) electrons. The van der Waals surface area contributed by atoms with Crippen molar-refractivity contribution in [1.29, 1.82) is 0 Å². The summed E-state index contributed by atoms with van der Waals surface area (Å²) >= 11 is 0. The van der Waals surface area contributed by atoms with Gasteiger partial charge in [-0.15, -0.1) is 0 Å². The van der Waals surface area contributed by atoms with Crippen molar-refractivity contribution in [2.75, 3.05) is 47.5 Å². The number of likely N-dealkylation sites (N-methyl/N-ethyl adjacent to an activating group) is 1. The van der Waals surface area contributed by atoms with E-state index in [-0.39, 0.29) is 32.2 Å². The number of hydrogen-bond donors (Lipinski definition) is 0. The van der Waals surface area contributed by atoms with E-state index in [1.54, 1.807) is 0 Å². The molecule has 0 rings (SSSR count). The fourth-order valence-corrected chi connectivity index (χ4v) is 11.3. The third-order valence-corrected chi connectivity index (χ3v) is 17.3. The topological polar surface area (TPSA) is 111 Å². The van der Waals surface area contributed by atoms with Gasteiger partial charge in [-0.2, -0.15) is 0 Å². The molecular weight excluding hydrogens is 1150 g/mol. The Balaban J connectivity index is 4.00. The Morgan fingerprint density at radius 3 is 0.914 bits per heavy atom. The monoisotopic (exact) mass is 1300 g/mol. The van der Waals surface area contributed by atoms with Gasteiger partial charge in [0.15, 0.2) is 12.4 Å². The van der Waals surface area contributed by atoms with Crippen LogP contribution in [0.2, 0.25) is 0 Å². The summed E-state index contributed by atoms with van der Waals surface area (Å²) in [5, 5.41) is 11.9. The van der Waals surface area contributed by atoms with E-state index in [1.807, 2.05) is 21.1 Å². The number of hydrogen-bond acceptors (Lipinski definition) is 8. The van der Waals surface area contributed by atoms with Gasteiger partial charge in [0.25, 0.3) is 0 Å². The molecule has 0 aromatic carbocycles. The van der Waals surface area contributed by atoms with E-state index in [2.05, 4.69) is 111 Å². The second-order valence-electron chi connectivity index (χ2n) is 27.6. The zero-order chi connectivity index (χ0) is 67.5. The van der Waals surface area contributed by atoms with E-state index in [0.717, 1.165) is 89.9 Å². The average Bonchev–Trinajstić information content (AvgIpc) is 3.74. The molecule has 9 heteroatoms. The van der Waals surface area contributed by atoms with Crippen molar-refractivity contribution in [3.8, 4) is 0 Å². The molecule has 0 aromatic rings. The molecule has 9 nitrogen and oxygen atoms in total. The molecular formula is C84H149NO8. The van der Waals surface area contributed by atoms with Crippen LogP contribution in [0.3, 0.4) is 0 Å². The van der Waals surface area contributed by atoms with Gasteiger partial charge >= 0.3 is 11.9 Å². The lowest BCUT2D eigenvalue weighted by Gasteiger charge is -2.26. The summed E-state index contributed by atoms with van der Waals surface area (Å²) in [6, 6.07) is 0. The van der Waals surface area contributed by atoms with Crippen molar-refractivity contribution in [2.45, 2.75) is 373 Å². The minimum Gasteiger partial charge on any atom is -0.545 e. The smallest absolute Gasteiger partial charge is 0.306 e. The van der Waals surface area contributed by atoms with Crippen molar-refractivity contribution >= 4 is 17.9 Å². The largest absolute Gasteiger partial charge is 0.545 e. The van der Waals surface area contributed by atoms with Crippen molar-refractivity contribution in [3.05, 3.63) is 97.2 Å². The van der Waals surface area contributed by atoms with E-state index in [1.165, 1.54) is 238 Å². The lowest BCUT2D eigenvalue weighted by atomic mass is 10.0. The van der Waals surface area contributed by atoms with Gasteiger partial charge in [-0.25, -0.2) is 0 Å². The maximum absolute atomic E-state index is 13.0. The summed E-state index contributed by atoms with van der Waals surface area (Å²) in [4.78, 5) is 37.6. The standard InChI is InChI=1S/C84H149NO8/c1-6-8-10-12-14-16-18-20-22-24-26-28-30-32-34-36-37-38-39-40-41-42-43-44-45-47-48-50-52-54-56-58-60-62-64-66-68-70-72-74-81(86)91-78-80(79-92-84(83(88)89)90-77-76-85(3,4)5)93-82(87)75-73-71-69-67-65-63-61-59-57-55-53-51-49-46-35-33-31-29-27-25-23-21-19-17-15-13-11-9-7-2/h9,11,15,17-18,20-21,23-24,26-27,29,33,35,49,51,80,84H,6-8,10,12-14,16,19,22,25,28,30-32,34,36-48,50,52-79H2,1-5H3/b11-9-,17-15-,20-18-,23-21-,26-24-,29-27-,35-33-,51-49-. The van der Waals surface area contributed by atoms with Crippen molar-refractivity contribution < 1.29 is 42.9 Å². The van der Waals surface area contributed by atoms with Gasteiger partial charge in [0.1, 0.15) is 13.2 Å². The third kappa shape index (κ3) is 75.5. The van der Waals surface area contributed by atoms with Crippen LogP contribution in [0, 0.1) is 0 Å². The van der Waals surface area contributed by atoms with Gasteiger partial charge in [-0.05, 0) is 96.3 Å². The van der Waals surface area contributed by atoms with Crippen LogP contribution in [-0.4, -0.2) is 82.3 Å². The van der Waals surface area contributed by atoms with Gasteiger partial charge in [0, 0.05) is 12.8 Å². The molecule has 0 saturated heterocycles. The Morgan fingerprint density at radius 1 is 0.333 bits per heavy atom. The number of carbonyl (C=O) groups is 3. The maximum atomic E-state index is 13.0. The van der Waals surface area contributed by atoms with Crippen LogP contribution in [-0.2, 0) is 33.3 Å². The second-order valence-corrected chi connectivity index (χ2v) is 27.6. The van der Waals surface area contributed by atoms with Crippen LogP contribution in [0.4, 0.5) is 0 Å². The summed E-state index contributed by atoms with van der Waals surface area (Å²) in [7, 11) is 5.94. The SMILES string of the molecule is CC/C=C\C/C=C\C/C=C\C/C=C\C/C=C\C/C=C\CCCCCCCCCCCCC(=O)OC(COC(=O)CCCCCCCCCCCCCCCCCCCCCCCCCCCCC/C=C\C/C=C\CCCCCCC)COC(OCC[N+](C)(C)C)C(=O)[O-]. The normalized spacial score (nSPS) is 13.2. The lowest BCUT2D eigenvalue weighted by Crippen LogP contribution is -2.44. The van der Waals surface area contributed by atoms with E-state index in [9.17, 15) is 19.5 Å². The molecule has 2 atom stereocenters. The zero-order valence-corrected chi connectivity index (χ0v) is 61.6. The van der Waals surface area contributed by atoms with E-state index >= 15 is 0 Å². The van der Waals surface area contributed by atoms with Crippen LogP contribution in [0.1, 0.15) is 361 Å². The molecule has 0 saturated carbocycles. The highest BCUT2D eigenvalue weighted by molar-refractivity contribution is 5.70. The fraction of sp³-hybridized carbons (Fsp3) is 0.774. The van der Waals surface area contributed by atoms with Crippen LogP contribution < -0.4 is 5.11 Å². The van der Waals surface area contributed by atoms with Gasteiger partial charge < -0.3 is 33.3 Å². The Morgan fingerprint density at radius 2 is 0.613 bits per heavy atom. The third-order valence-electron chi connectivity index (χ3n) is 17.3. The number of ether oxygens (including phenoxy) is 4. The van der Waals surface area contributed by atoms with Gasteiger partial charge in [0.2, 0.25) is 0 Å². The number of carbonyl (C=O) groups excluding carboxylic acids is 3. The molecule has 2 unspecified atom stereocenters. The van der Waals surface area contributed by atoms with Crippen molar-refractivity contribution in [1.82, 2.24) is 0 Å². The minimum atomic E-state index is -1.63. The molecule has 0 N–H and O–H groups in total. The second kappa shape index (κ2) is 74.0. The number of nitrogens with zero attached hydrogens (tertiary/aromatic N) is 1. The number of rotatable bonds is 73. The maximum Gasteiger partial charge on any atom is 0.306 e. The highest BCUT2D eigenvalue weighted by Crippen LogP contribution is 2.19. The first-order valence-corrected chi connectivity index (χ1v) is 39.4. The molecule has 0 aliphatic heterocycles. The van der Waals surface area contributed by atoms with E-state index in [4.69, 9.17) is 18.9 Å². The molecule has 0 amide bonds. The predicted molar refractivity (Wildman–Crippen MR) is 398 cm³/mol.